The number of piperidine rings is 1. The van der Waals surface area contributed by atoms with Gasteiger partial charge in [0, 0.05) is 38.4 Å². The highest BCUT2D eigenvalue weighted by Gasteiger charge is 2.21. The zero-order valence-corrected chi connectivity index (χ0v) is 17.1. The summed E-state index contributed by atoms with van der Waals surface area (Å²) in [5.41, 5.74) is 1.93. The topological polar surface area (TPSA) is 68.1 Å². The van der Waals surface area contributed by atoms with Gasteiger partial charge in [0.25, 0.3) is 0 Å². The molecular weight excluding hydrogens is 360 g/mol. The molecule has 0 bridgehead atoms. The monoisotopic (exact) mass is 390 g/mol. The first-order chi connectivity index (χ1) is 14.3. The molecule has 4 rings (SSSR count). The molecule has 1 aromatic heterocycles. The molecule has 1 N–H and O–H groups in total. The van der Waals surface area contributed by atoms with Crippen molar-refractivity contribution in [1.29, 1.82) is 5.26 Å². The van der Waals surface area contributed by atoms with Crippen LogP contribution in [0.5, 0.6) is 0 Å². The summed E-state index contributed by atoms with van der Waals surface area (Å²) >= 11 is 0. The molecule has 0 saturated carbocycles. The standard InChI is InChI=1S/C23H30N6/c24-16-19-7-5-8-20(15-19)17-28-12-6-9-21(18-28)26-23-25-11-10-22(27-23)29-13-3-1-2-4-14-29/h5,7-8,10-11,15,21H,1-4,6,9,12-14,17-18H2,(H,25,26,27). The lowest BCUT2D eigenvalue weighted by atomic mass is 10.0. The summed E-state index contributed by atoms with van der Waals surface area (Å²) in [7, 11) is 0. The largest absolute Gasteiger partial charge is 0.356 e. The van der Waals surface area contributed by atoms with Gasteiger partial charge in [0.05, 0.1) is 11.6 Å². The molecule has 2 aliphatic rings. The first-order valence-electron chi connectivity index (χ1n) is 10.9. The van der Waals surface area contributed by atoms with Crippen LogP contribution in [0.25, 0.3) is 0 Å². The Labute approximate surface area is 173 Å². The average Bonchev–Trinajstić information content (AvgIpc) is 3.04. The zero-order chi connectivity index (χ0) is 19.9. The minimum atomic E-state index is 0.349. The molecule has 152 valence electrons. The van der Waals surface area contributed by atoms with Crippen molar-refractivity contribution in [3.8, 4) is 6.07 Å². The van der Waals surface area contributed by atoms with Crippen molar-refractivity contribution < 1.29 is 0 Å². The smallest absolute Gasteiger partial charge is 0.224 e. The van der Waals surface area contributed by atoms with Crippen LogP contribution >= 0.6 is 0 Å². The van der Waals surface area contributed by atoms with Gasteiger partial charge in [-0.15, -0.1) is 0 Å². The maximum absolute atomic E-state index is 9.12. The molecule has 3 heterocycles. The number of likely N-dealkylation sites (tertiary alicyclic amines) is 1. The minimum absolute atomic E-state index is 0.349. The molecular formula is C23H30N6. The second kappa shape index (κ2) is 9.71. The first kappa shape index (κ1) is 19.7. The number of nitriles is 1. The number of rotatable bonds is 5. The number of anilines is 2. The fourth-order valence-corrected chi connectivity index (χ4v) is 4.39. The molecule has 2 aromatic rings. The third-order valence-electron chi connectivity index (χ3n) is 5.87. The highest BCUT2D eigenvalue weighted by atomic mass is 15.2. The van der Waals surface area contributed by atoms with Crippen molar-refractivity contribution >= 4 is 11.8 Å². The van der Waals surface area contributed by atoms with E-state index in [9.17, 15) is 0 Å². The van der Waals surface area contributed by atoms with Crippen LogP contribution in [0, 0.1) is 11.3 Å². The fraction of sp³-hybridized carbons (Fsp3) is 0.522. The molecule has 2 fully saturated rings. The van der Waals surface area contributed by atoms with Gasteiger partial charge in [0.2, 0.25) is 5.95 Å². The minimum Gasteiger partial charge on any atom is -0.356 e. The predicted octanol–water partition coefficient (Wildman–Crippen LogP) is 3.81. The molecule has 1 aromatic carbocycles. The summed E-state index contributed by atoms with van der Waals surface area (Å²) in [5, 5.41) is 12.7. The van der Waals surface area contributed by atoms with Crippen LogP contribution in [0.15, 0.2) is 36.5 Å². The Bertz CT molecular complexity index is 837. The van der Waals surface area contributed by atoms with Gasteiger partial charge >= 0.3 is 0 Å². The van der Waals surface area contributed by atoms with E-state index in [2.05, 4.69) is 32.2 Å². The molecule has 0 spiro atoms. The normalized spacial score (nSPS) is 20.7. The predicted molar refractivity (Wildman–Crippen MR) is 116 cm³/mol. The van der Waals surface area contributed by atoms with E-state index in [0.29, 0.717) is 6.04 Å². The van der Waals surface area contributed by atoms with Crippen LogP contribution in [0.4, 0.5) is 11.8 Å². The highest BCUT2D eigenvalue weighted by molar-refractivity contribution is 5.43. The Hall–Kier alpha value is -2.65. The maximum atomic E-state index is 9.12. The van der Waals surface area contributed by atoms with Gasteiger partial charge in [-0.1, -0.05) is 25.0 Å². The van der Waals surface area contributed by atoms with Crippen molar-refractivity contribution in [3.63, 3.8) is 0 Å². The van der Waals surface area contributed by atoms with Crippen LogP contribution in [-0.2, 0) is 6.54 Å². The molecule has 0 radical (unpaired) electrons. The Morgan fingerprint density at radius 2 is 1.93 bits per heavy atom. The van der Waals surface area contributed by atoms with Crippen molar-refractivity contribution in [2.75, 3.05) is 36.4 Å². The number of aromatic nitrogens is 2. The van der Waals surface area contributed by atoms with Crippen molar-refractivity contribution in [2.24, 2.45) is 0 Å². The fourth-order valence-electron chi connectivity index (χ4n) is 4.39. The van der Waals surface area contributed by atoms with Crippen molar-refractivity contribution in [1.82, 2.24) is 14.9 Å². The summed E-state index contributed by atoms with van der Waals surface area (Å²) in [6.45, 7) is 5.12. The van der Waals surface area contributed by atoms with Crippen molar-refractivity contribution in [3.05, 3.63) is 47.7 Å². The summed E-state index contributed by atoms with van der Waals surface area (Å²) in [5.74, 6) is 1.79. The van der Waals surface area contributed by atoms with Gasteiger partial charge in [-0.05, 0) is 56.0 Å². The average molecular weight is 391 g/mol. The molecule has 1 unspecified atom stereocenters. The zero-order valence-electron chi connectivity index (χ0n) is 17.1. The Morgan fingerprint density at radius 1 is 1.07 bits per heavy atom. The molecule has 29 heavy (non-hydrogen) atoms. The van der Waals surface area contributed by atoms with Crippen LogP contribution < -0.4 is 10.2 Å². The summed E-state index contributed by atoms with van der Waals surface area (Å²) < 4.78 is 0. The van der Waals surface area contributed by atoms with E-state index in [4.69, 9.17) is 10.2 Å². The summed E-state index contributed by atoms with van der Waals surface area (Å²) in [4.78, 5) is 14.1. The Balaban J connectivity index is 1.36. The lowest BCUT2D eigenvalue weighted by molar-refractivity contribution is 0.208. The van der Waals surface area contributed by atoms with Gasteiger partial charge in [-0.25, -0.2) is 4.98 Å². The second-order valence-electron chi connectivity index (χ2n) is 8.17. The lowest BCUT2D eigenvalue weighted by Crippen LogP contribution is -2.42. The molecule has 2 aliphatic heterocycles. The van der Waals surface area contributed by atoms with Crippen molar-refractivity contribution in [2.45, 2.75) is 51.1 Å². The SMILES string of the molecule is N#Cc1cccc(CN2CCCC(Nc3nccc(N4CCCCCC4)n3)C2)c1. The molecule has 6 nitrogen and oxygen atoms in total. The van der Waals surface area contributed by atoms with Gasteiger partial charge in [-0.3, -0.25) is 4.90 Å². The lowest BCUT2D eigenvalue weighted by Gasteiger charge is -2.33. The van der Waals surface area contributed by atoms with Gasteiger partial charge in [-0.2, -0.15) is 10.2 Å². The van der Waals surface area contributed by atoms with Crippen LogP contribution in [-0.4, -0.2) is 47.1 Å². The number of hydrogen-bond acceptors (Lipinski definition) is 6. The van der Waals surface area contributed by atoms with Gasteiger partial charge < -0.3 is 10.2 Å². The van der Waals surface area contributed by atoms with E-state index in [1.807, 2.05) is 30.5 Å². The number of nitrogens with one attached hydrogen (secondary N) is 1. The van der Waals surface area contributed by atoms with E-state index in [1.54, 1.807) is 0 Å². The van der Waals surface area contributed by atoms with Gasteiger partial charge in [0.1, 0.15) is 5.82 Å². The third kappa shape index (κ3) is 5.45. The second-order valence-corrected chi connectivity index (χ2v) is 8.17. The summed E-state index contributed by atoms with van der Waals surface area (Å²) in [6, 6.07) is 12.5. The first-order valence-corrected chi connectivity index (χ1v) is 10.9. The molecule has 1 atom stereocenters. The van der Waals surface area contributed by atoms with Crippen LogP contribution in [0.3, 0.4) is 0 Å². The number of hydrogen-bond donors (Lipinski definition) is 1. The van der Waals surface area contributed by atoms with E-state index in [1.165, 1.54) is 31.2 Å². The molecule has 0 amide bonds. The molecule has 0 aliphatic carbocycles. The van der Waals surface area contributed by atoms with Gasteiger partial charge in [0.15, 0.2) is 0 Å². The Kier molecular flexibility index (Phi) is 6.58. The van der Waals surface area contributed by atoms with Crippen LogP contribution in [0.1, 0.15) is 49.7 Å². The van der Waals surface area contributed by atoms with E-state index in [-0.39, 0.29) is 0 Å². The number of benzene rings is 1. The highest BCUT2D eigenvalue weighted by Crippen LogP contribution is 2.20. The molecule has 6 heteroatoms. The summed E-state index contributed by atoms with van der Waals surface area (Å²) in [6.07, 6.45) is 9.30. The Morgan fingerprint density at radius 3 is 2.76 bits per heavy atom. The van der Waals surface area contributed by atoms with Crippen LogP contribution in [0.2, 0.25) is 0 Å². The number of nitrogens with zero attached hydrogens (tertiary/aromatic N) is 5. The quantitative estimate of drug-likeness (QED) is 0.837. The third-order valence-corrected chi connectivity index (χ3v) is 5.87. The van der Waals surface area contributed by atoms with E-state index >= 15 is 0 Å². The maximum Gasteiger partial charge on any atom is 0.224 e. The molecule has 2 saturated heterocycles. The van der Waals surface area contributed by atoms with E-state index < -0.39 is 0 Å². The van der Waals surface area contributed by atoms with E-state index in [0.717, 1.165) is 62.9 Å².